The maximum Gasteiger partial charge on any atom is 0.0246 e. The first kappa shape index (κ1) is 12.6. The van der Waals surface area contributed by atoms with Gasteiger partial charge >= 0.3 is 0 Å². The van der Waals surface area contributed by atoms with Gasteiger partial charge in [-0.15, -0.1) is 12.3 Å². The molecule has 1 atom stereocenters. The van der Waals surface area contributed by atoms with Crippen molar-refractivity contribution in [3.63, 3.8) is 0 Å². The summed E-state index contributed by atoms with van der Waals surface area (Å²) in [6.45, 7) is 4.64. The zero-order chi connectivity index (χ0) is 11.3. The summed E-state index contributed by atoms with van der Waals surface area (Å²) in [5.41, 5.74) is 0.481. The fourth-order valence-electron chi connectivity index (χ4n) is 3.33. The summed E-state index contributed by atoms with van der Waals surface area (Å²) in [5, 5.41) is 3.45. The number of rotatable bonds is 5. The monoisotopic (exact) mass is 207 g/mol. The van der Waals surface area contributed by atoms with Crippen molar-refractivity contribution >= 4 is 0 Å². The average molecular weight is 207 g/mol. The lowest BCUT2D eigenvalue weighted by atomic mass is 9.71. The molecule has 0 saturated heterocycles. The minimum atomic E-state index is 0.481. The maximum atomic E-state index is 5.47. The van der Waals surface area contributed by atoms with Crippen molar-refractivity contribution < 1.29 is 0 Å². The third kappa shape index (κ3) is 2.98. The first-order chi connectivity index (χ1) is 7.14. The van der Waals surface area contributed by atoms with E-state index >= 15 is 0 Å². The van der Waals surface area contributed by atoms with E-state index in [-0.39, 0.29) is 0 Å². The molecule has 1 aliphatic carbocycles. The number of hydrogen-bond acceptors (Lipinski definition) is 1. The second-order valence-electron chi connectivity index (χ2n) is 5.42. The fourth-order valence-corrected chi connectivity index (χ4v) is 3.33. The summed E-state index contributed by atoms with van der Waals surface area (Å²) in [6, 6.07) is 0.521. The molecule has 1 fully saturated rings. The van der Waals surface area contributed by atoms with Gasteiger partial charge in [-0.3, -0.25) is 0 Å². The molecule has 0 heterocycles. The van der Waals surface area contributed by atoms with E-state index in [1.165, 1.54) is 32.1 Å². The molecule has 0 aromatic heterocycles. The van der Waals surface area contributed by atoms with Gasteiger partial charge in [0.15, 0.2) is 0 Å². The molecule has 1 N–H and O–H groups in total. The molecule has 1 rings (SSSR count). The molecule has 0 spiro atoms. The highest BCUT2D eigenvalue weighted by Crippen LogP contribution is 2.46. The summed E-state index contributed by atoms with van der Waals surface area (Å²) in [6.07, 6.45) is 13.2. The molecular weight excluding hydrogens is 182 g/mol. The van der Waals surface area contributed by atoms with Crippen LogP contribution < -0.4 is 5.32 Å². The fraction of sp³-hybridized carbons (Fsp3) is 0.857. The summed E-state index contributed by atoms with van der Waals surface area (Å²) in [7, 11) is 2.06. The Labute approximate surface area is 95.0 Å². The zero-order valence-corrected chi connectivity index (χ0v) is 10.5. The minimum absolute atomic E-state index is 0.481. The van der Waals surface area contributed by atoms with E-state index in [1.54, 1.807) is 0 Å². The van der Waals surface area contributed by atoms with Crippen LogP contribution in [0.4, 0.5) is 0 Å². The van der Waals surface area contributed by atoms with E-state index in [0.717, 1.165) is 12.3 Å². The van der Waals surface area contributed by atoms with Gasteiger partial charge in [-0.25, -0.2) is 0 Å². The van der Waals surface area contributed by atoms with E-state index in [9.17, 15) is 0 Å². The third-order valence-electron chi connectivity index (χ3n) is 3.82. The molecule has 0 radical (unpaired) electrons. The largest absolute Gasteiger partial charge is 0.315 e. The Morgan fingerprint density at radius 3 is 2.33 bits per heavy atom. The highest BCUT2D eigenvalue weighted by molar-refractivity contribution is 5.01. The molecule has 0 aromatic rings. The van der Waals surface area contributed by atoms with Gasteiger partial charge < -0.3 is 5.32 Å². The van der Waals surface area contributed by atoms with Crippen LogP contribution in [0.2, 0.25) is 0 Å². The van der Waals surface area contributed by atoms with Gasteiger partial charge in [-0.1, -0.05) is 26.7 Å². The first-order valence-electron chi connectivity index (χ1n) is 6.25. The van der Waals surface area contributed by atoms with Crippen LogP contribution in [-0.2, 0) is 0 Å². The van der Waals surface area contributed by atoms with Gasteiger partial charge in [0.05, 0.1) is 0 Å². The quantitative estimate of drug-likeness (QED) is 0.683. The van der Waals surface area contributed by atoms with Crippen molar-refractivity contribution in [2.24, 2.45) is 11.3 Å². The van der Waals surface area contributed by atoms with E-state index in [4.69, 9.17) is 6.42 Å². The van der Waals surface area contributed by atoms with E-state index in [0.29, 0.717) is 11.5 Å². The molecule has 0 bridgehead atoms. The summed E-state index contributed by atoms with van der Waals surface area (Å²) < 4.78 is 0. The second kappa shape index (κ2) is 5.56. The molecular formula is C14H25N. The Hall–Kier alpha value is -0.480. The van der Waals surface area contributed by atoms with Crippen LogP contribution in [0, 0.1) is 23.7 Å². The predicted molar refractivity (Wildman–Crippen MR) is 66.7 cm³/mol. The highest BCUT2D eigenvalue weighted by atomic mass is 14.9. The Morgan fingerprint density at radius 1 is 1.33 bits per heavy atom. The zero-order valence-electron chi connectivity index (χ0n) is 10.5. The second-order valence-corrected chi connectivity index (χ2v) is 5.42. The van der Waals surface area contributed by atoms with Crippen LogP contribution in [0.5, 0.6) is 0 Å². The molecule has 1 aliphatic rings. The summed E-state index contributed by atoms with van der Waals surface area (Å²) >= 11 is 0. The molecule has 0 amide bonds. The molecule has 1 saturated carbocycles. The molecule has 0 aromatic carbocycles. The Bertz CT molecular complexity index is 218. The summed E-state index contributed by atoms with van der Waals surface area (Å²) in [4.78, 5) is 0. The van der Waals surface area contributed by atoms with E-state index in [1.807, 2.05) is 0 Å². The SMILES string of the molecule is C#CCC(NC)C1(CC(C)C)CCCC1. The number of hydrogen-bond donors (Lipinski definition) is 1. The van der Waals surface area contributed by atoms with E-state index < -0.39 is 0 Å². The normalized spacial score (nSPS) is 21.5. The average Bonchev–Trinajstić information content (AvgIpc) is 2.62. The van der Waals surface area contributed by atoms with Crippen molar-refractivity contribution in [2.75, 3.05) is 7.05 Å². The van der Waals surface area contributed by atoms with Gasteiger partial charge in [0, 0.05) is 12.5 Å². The van der Waals surface area contributed by atoms with Crippen molar-refractivity contribution in [2.45, 2.75) is 58.4 Å². The van der Waals surface area contributed by atoms with Crippen LogP contribution >= 0.6 is 0 Å². The Kier molecular flexibility index (Phi) is 4.67. The van der Waals surface area contributed by atoms with Crippen molar-refractivity contribution in [1.82, 2.24) is 5.32 Å². The third-order valence-corrected chi connectivity index (χ3v) is 3.82. The van der Waals surface area contributed by atoms with Crippen LogP contribution in [0.3, 0.4) is 0 Å². The van der Waals surface area contributed by atoms with Crippen molar-refractivity contribution in [3.05, 3.63) is 0 Å². The minimum Gasteiger partial charge on any atom is -0.315 e. The predicted octanol–water partition coefficient (Wildman–Crippen LogP) is 3.20. The lowest BCUT2D eigenvalue weighted by Crippen LogP contribution is -2.42. The lowest BCUT2D eigenvalue weighted by Gasteiger charge is -2.38. The smallest absolute Gasteiger partial charge is 0.0246 e. The van der Waals surface area contributed by atoms with E-state index in [2.05, 4.69) is 32.1 Å². The van der Waals surface area contributed by atoms with Crippen LogP contribution in [0.25, 0.3) is 0 Å². The van der Waals surface area contributed by atoms with Crippen LogP contribution in [-0.4, -0.2) is 13.1 Å². The Morgan fingerprint density at radius 2 is 1.93 bits per heavy atom. The van der Waals surface area contributed by atoms with Gasteiger partial charge in [0.1, 0.15) is 0 Å². The molecule has 15 heavy (non-hydrogen) atoms. The van der Waals surface area contributed by atoms with Gasteiger partial charge in [0.2, 0.25) is 0 Å². The van der Waals surface area contributed by atoms with Gasteiger partial charge in [-0.05, 0) is 37.6 Å². The standard InChI is InChI=1S/C14H25N/c1-5-8-13(15-4)14(11-12(2)3)9-6-7-10-14/h1,12-13,15H,6-11H2,2-4H3. The van der Waals surface area contributed by atoms with Crippen molar-refractivity contribution in [1.29, 1.82) is 0 Å². The molecule has 0 aliphatic heterocycles. The van der Waals surface area contributed by atoms with Crippen LogP contribution in [0.15, 0.2) is 0 Å². The van der Waals surface area contributed by atoms with Crippen molar-refractivity contribution in [3.8, 4) is 12.3 Å². The topological polar surface area (TPSA) is 12.0 Å². The number of terminal acetylenes is 1. The Balaban J connectivity index is 2.74. The molecule has 1 nitrogen and oxygen atoms in total. The lowest BCUT2D eigenvalue weighted by molar-refractivity contribution is 0.163. The molecule has 86 valence electrons. The van der Waals surface area contributed by atoms with Crippen LogP contribution in [0.1, 0.15) is 52.4 Å². The molecule has 1 unspecified atom stereocenters. The molecule has 1 heteroatoms. The maximum absolute atomic E-state index is 5.47. The van der Waals surface area contributed by atoms with Gasteiger partial charge in [0.25, 0.3) is 0 Å². The highest BCUT2D eigenvalue weighted by Gasteiger charge is 2.40. The first-order valence-corrected chi connectivity index (χ1v) is 6.25. The summed E-state index contributed by atoms with van der Waals surface area (Å²) in [5.74, 6) is 3.61. The van der Waals surface area contributed by atoms with Gasteiger partial charge in [-0.2, -0.15) is 0 Å². The number of nitrogens with one attached hydrogen (secondary N) is 1.